The van der Waals surface area contributed by atoms with Gasteiger partial charge in [0.1, 0.15) is 23.8 Å². The first-order valence-electron chi connectivity index (χ1n) is 24.3. The number of allylic oxidation sites excluding steroid dienone is 2. The molecule has 2 aromatic rings. The van der Waals surface area contributed by atoms with E-state index in [2.05, 4.69) is 26.0 Å². The molecule has 0 spiro atoms. The van der Waals surface area contributed by atoms with Gasteiger partial charge >= 0.3 is 0 Å². The number of hydrogen-bond donors (Lipinski definition) is 0. The Hall–Kier alpha value is -3.28. The highest BCUT2D eigenvalue weighted by atomic mass is 19.1. The maximum absolute atomic E-state index is 15.0. The first kappa shape index (κ1) is 45.3. The van der Waals surface area contributed by atoms with E-state index in [9.17, 15) is 10.5 Å². The summed E-state index contributed by atoms with van der Waals surface area (Å²) >= 11 is 0. The van der Waals surface area contributed by atoms with Crippen LogP contribution in [-0.2, 0) is 4.74 Å². The average molecular weight is 805 g/mol. The summed E-state index contributed by atoms with van der Waals surface area (Å²) in [6, 6.07) is 14.1. The molecule has 5 heteroatoms. The van der Waals surface area contributed by atoms with Crippen LogP contribution in [0.25, 0.3) is 11.1 Å². The van der Waals surface area contributed by atoms with Crippen LogP contribution in [-0.4, -0.2) is 13.2 Å². The second-order valence-electron chi connectivity index (χ2n) is 19.3. The van der Waals surface area contributed by atoms with Crippen LogP contribution in [0, 0.1) is 81.6 Å². The summed E-state index contributed by atoms with van der Waals surface area (Å²) in [6.45, 7) is 5.40. The van der Waals surface area contributed by atoms with Crippen LogP contribution in [0.2, 0.25) is 0 Å². The molecule has 4 atom stereocenters. The molecule has 4 fully saturated rings. The zero-order valence-electron chi connectivity index (χ0n) is 36.7. The lowest BCUT2D eigenvalue weighted by Gasteiger charge is -2.39. The highest BCUT2D eigenvalue weighted by Gasteiger charge is 2.34. The molecule has 2 aromatic carbocycles. The van der Waals surface area contributed by atoms with Crippen molar-refractivity contribution < 1.29 is 13.5 Å². The Morgan fingerprint density at radius 2 is 1.00 bits per heavy atom. The Kier molecular flexibility index (Phi) is 18.1. The second kappa shape index (κ2) is 23.6. The number of rotatable bonds is 18. The van der Waals surface area contributed by atoms with Gasteiger partial charge in [-0.05, 0) is 158 Å². The lowest BCUT2D eigenvalue weighted by Crippen LogP contribution is -2.27. The first-order valence-corrected chi connectivity index (χ1v) is 24.3. The van der Waals surface area contributed by atoms with Gasteiger partial charge in [-0.25, -0.2) is 8.78 Å². The number of ether oxygens (including phenoxy) is 1. The van der Waals surface area contributed by atoms with Gasteiger partial charge in [0.05, 0.1) is 24.3 Å². The number of halogens is 2. The van der Waals surface area contributed by atoms with Gasteiger partial charge in [0.15, 0.2) is 0 Å². The number of hydrogen-bond acceptors (Lipinski definition) is 3. The minimum atomic E-state index is -0.464. The molecular formula is C54H74F2N2O. The van der Waals surface area contributed by atoms with Gasteiger partial charge in [-0.2, -0.15) is 10.5 Å². The second-order valence-corrected chi connectivity index (χ2v) is 19.3. The van der Waals surface area contributed by atoms with Gasteiger partial charge in [0.25, 0.3) is 0 Å². The van der Waals surface area contributed by atoms with Crippen molar-refractivity contribution in [1.82, 2.24) is 0 Å². The van der Waals surface area contributed by atoms with Gasteiger partial charge in [-0.3, -0.25) is 0 Å². The van der Waals surface area contributed by atoms with E-state index in [4.69, 9.17) is 4.74 Å². The predicted octanol–water partition coefficient (Wildman–Crippen LogP) is 15.6. The van der Waals surface area contributed by atoms with E-state index in [0.29, 0.717) is 25.0 Å². The standard InChI is InChI=1S/C54H74F2N2O/c1-3-5-7-11-39-13-9-15-45(33-39)41-17-21-43(22-18-41)51(47-25-27-49(37-57)53(55)35-47)29-31-59-32-30-52(48-26-28-50(38-58)54(56)36-48)44-23-19-42(20-24-44)46-16-10-14-40(34-46)12-8-6-4-2/h25-30,35-36,39-46H,3-24,31-34H2,1-2H3/t39-,40-,41?,42?,43?,44?,45-,46-/m0/s1. The third-order valence-electron chi connectivity index (χ3n) is 15.5. The molecule has 4 aliphatic carbocycles. The third-order valence-corrected chi connectivity index (χ3v) is 15.5. The Balaban J connectivity index is 1.11. The van der Waals surface area contributed by atoms with Crippen LogP contribution in [0.1, 0.15) is 190 Å². The lowest BCUT2D eigenvalue weighted by molar-refractivity contribution is 0.144. The normalized spacial score (nSPS) is 28.2. The van der Waals surface area contributed by atoms with E-state index < -0.39 is 11.6 Å². The van der Waals surface area contributed by atoms with Crippen molar-refractivity contribution in [2.45, 2.75) is 168 Å². The number of unbranched alkanes of at least 4 members (excludes halogenated alkanes) is 4. The van der Waals surface area contributed by atoms with Crippen LogP contribution in [0.15, 0.2) is 48.6 Å². The van der Waals surface area contributed by atoms with Crippen molar-refractivity contribution in [3.05, 3.63) is 82.4 Å². The summed E-state index contributed by atoms with van der Waals surface area (Å²) in [7, 11) is 0. The van der Waals surface area contributed by atoms with Gasteiger partial charge in [0.2, 0.25) is 0 Å². The third kappa shape index (κ3) is 12.9. The Labute approximate surface area is 357 Å². The van der Waals surface area contributed by atoms with Crippen molar-refractivity contribution in [2.24, 2.45) is 47.3 Å². The molecule has 0 bridgehead atoms. The molecule has 0 N–H and O–H groups in total. The SMILES string of the molecule is CCCCC[C@H]1CCC[C@H](C2CCC(C(=CCOCC=C(c3ccc(C#N)c(F)c3)C3CCC([C@H]4CCC[C@H](CCCCC)C4)CC3)c3ccc(C#N)c(F)c3)CC2)C1. The van der Waals surface area contributed by atoms with Crippen LogP contribution in [0.4, 0.5) is 8.78 Å². The quantitative estimate of drug-likeness (QED) is 0.141. The minimum Gasteiger partial charge on any atom is -0.373 e. The highest BCUT2D eigenvalue weighted by molar-refractivity contribution is 5.69. The van der Waals surface area contributed by atoms with Gasteiger partial charge in [-0.1, -0.05) is 128 Å². The maximum atomic E-state index is 15.0. The molecular weight excluding hydrogens is 731 g/mol. The monoisotopic (exact) mass is 805 g/mol. The highest BCUT2D eigenvalue weighted by Crippen LogP contribution is 2.47. The minimum absolute atomic E-state index is 0.0788. The van der Waals surface area contributed by atoms with Crippen LogP contribution in [0.5, 0.6) is 0 Å². The predicted molar refractivity (Wildman–Crippen MR) is 239 cm³/mol. The fourth-order valence-corrected chi connectivity index (χ4v) is 12.2. The molecule has 4 saturated carbocycles. The fraction of sp³-hybridized carbons (Fsp3) is 0.667. The first-order chi connectivity index (χ1) is 28.9. The number of nitriles is 2. The molecule has 3 nitrogen and oxygen atoms in total. The van der Waals surface area contributed by atoms with Crippen LogP contribution in [0.3, 0.4) is 0 Å². The summed E-state index contributed by atoms with van der Waals surface area (Å²) in [6.07, 6.45) is 35.7. The van der Waals surface area contributed by atoms with Gasteiger partial charge < -0.3 is 4.74 Å². The van der Waals surface area contributed by atoms with Crippen molar-refractivity contribution in [2.75, 3.05) is 13.2 Å². The van der Waals surface area contributed by atoms with Crippen LogP contribution >= 0.6 is 0 Å². The zero-order valence-corrected chi connectivity index (χ0v) is 36.7. The lowest BCUT2D eigenvalue weighted by atomic mass is 9.67. The molecule has 0 aliphatic heterocycles. The number of benzene rings is 2. The molecule has 0 amide bonds. The van der Waals surface area contributed by atoms with Crippen molar-refractivity contribution in [3.63, 3.8) is 0 Å². The van der Waals surface area contributed by atoms with Gasteiger partial charge in [0, 0.05) is 0 Å². The summed E-state index contributed by atoms with van der Waals surface area (Å²) in [5, 5.41) is 18.9. The molecule has 0 saturated heterocycles. The average Bonchev–Trinajstić information content (AvgIpc) is 3.27. The Bertz CT molecular complexity index is 1620. The molecule has 0 heterocycles. The summed E-state index contributed by atoms with van der Waals surface area (Å²) in [5.41, 5.74) is 4.15. The van der Waals surface area contributed by atoms with E-state index in [0.717, 1.165) is 83.5 Å². The summed E-state index contributed by atoms with van der Waals surface area (Å²) in [4.78, 5) is 0. The largest absolute Gasteiger partial charge is 0.373 e. The van der Waals surface area contributed by atoms with Gasteiger partial charge in [-0.15, -0.1) is 0 Å². The molecule has 6 rings (SSSR count). The molecule has 0 unspecified atom stereocenters. The van der Waals surface area contributed by atoms with E-state index in [1.807, 2.05) is 24.3 Å². The molecule has 320 valence electrons. The molecule has 4 aliphatic rings. The molecule has 0 radical (unpaired) electrons. The Morgan fingerprint density at radius 3 is 1.37 bits per heavy atom. The van der Waals surface area contributed by atoms with E-state index >= 15 is 8.78 Å². The summed E-state index contributed by atoms with van der Waals surface area (Å²) < 4.78 is 36.5. The Morgan fingerprint density at radius 1 is 0.576 bits per heavy atom. The smallest absolute Gasteiger partial charge is 0.141 e. The molecule has 0 aromatic heterocycles. The zero-order chi connectivity index (χ0) is 41.4. The van der Waals surface area contributed by atoms with E-state index in [-0.39, 0.29) is 11.1 Å². The van der Waals surface area contributed by atoms with E-state index in [1.54, 1.807) is 24.3 Å². The summed E-state index contributed by atoms with van der Waals surface area (Å²) in [5.74, 6) is 4.83. The van der Waals surface area contributed by atoms with Crippen molar-refractivity contribution >= 4 is 11.1 Å². The van der Waals surface area contributed by atoms with E-state index in [1.165, 1.54) is 128 Å². The molecule has 59 heavy (non-hydrogen) atoms. The topological polar surface area (TPSA) is 56.8 Å². The van der Waals surface area contributed by atoms with Crippen molar-refractivity contribution in [1.29, 1.82) is 10.5 Å². The van der Waals surface area contributed by atoms with Crippen LogP contribution < -0.4 is 0 Å². The fourth-order valence-electron chi connectivity index (χ4n) is 12.2. The maximum Gasteiger partial charge on any atom is 0.141 e. The number of nitrogens with zero attached hydrogens (tertiary/aromatic N) is 2. The van der Waals surface area contributed by atoms with Crippen molar-refractivity contribution in [3.8, 4) is 12.1 Å².